The van der Waals surface area contributed by atoms with Crippen molar-refractivity contribution in [3.05, 3.63) is 78.1 Å². The number of nitrogens with zero attached hydrogens (tertiary/aromatic N) is 4. The number of carbonyl (C=O) groups excluding carboxylic acids is 1. The highest BCUT2D eigenvalue weighted by molar-refractivity contribution is 5.94. The van der Waals surface area contributed by atoms with Crippen LogP contribution in [0.4, 0.5) is 16.0 Å². The lowest BCUT2D eigenvalue weighted by Gasteiger charge is -2.23. The zero-order chi connectivity index (χ0) is 20.5. The molecule has 0 radical (unpaired) electrons. The Morgan fingerprint density at radius 3 is 2.73 bits per heavy atom. The van der Waals surface area contributed by atoms with Crippen LogP contribution in [-0.2, 0) is 0 Å². The van der Waals surface area contributed by atoms with E-state index in [1.54, 1.807) is 11.0 Å². The number of rotatable bonds is 4. The Kier molecular flexibility index (Phi) is 4.59. The Labute approximate surface area is 172 Å². The highest BCUT2D eigenvalue weighted by Crippen LogP contribution is 2.32. The Bertz CT molecular complexity index is 1190. The molecule has 3 heterocycles. The zero-order valence-corrected chi connectivity index (χ0v) is 16.0. The summed E-state index contributed by atoms with van der Waals surface area (Å²) in [5, 5.41) is 3.10. The molecule has 1 fully saturated rings. The summed E-state index contributed by atoms with van der Waals surface area (Å²) in [6.45, 7) is 0.624. The predicted molar refractivity (Wildman–Crippen MR) is 111 cm³/mol. The summed E-state index contributed by atoms with van der Waals surface area (Å²) < 4.78 is 13.5. The molecule has 0 saturated carbocycles. The van der Waals surface area contributed by atoms with Gasteiger partial charge in [-0.05, 0) is 43.2 Å². The number of H-pyrrole nitrogens is 1. The van der Waals surface area contributed by atoms with Crippen molar-refractivity contribution in [1.82, 2.24) is 24.8 Å². The summed E-state index contributed by atoms with van der Waals surface area (Å²) in [6, 6.07) is 13.8. The summed E-state index contributed by atoms with van der Waals surface area (Å²) in [5.74, 6) is 0.633. The zero-order valence-electron chi connectivity index (χ0n) is 16.0. The van der Waals surface area contributed by atoms with E-state index in [1.807, 2.05) is 30.3 Å². The van der Waals surface area contributed by atoms with Gasteiger partial charge in [-0.3, -0.25) is 4.79 Å². The first-order valence-corrected chi connectivity index (χ1v) is 9.77. The molecule has 30 heavy (non-hydrogen) atoms. The minimum atomic E-state index is -0.321. The van der Waals surface area contributed by atoms with Gasteiger partial charge in [0.1, 0.15) is 11.6 Å². The van der Waals surface area contributed by atoms with E-state index in [-0.39, 0.29) is 17.8 Å². The number of halogens is 1. The van der Waals surface area contributed by atoms with Gasteiger partial charge in [0.05, 0.1) is 22.6 Å². The Morgan fingerprint density at radius 1 is 1.13 bits per heavy atom. The maximum atomic E-state index is 13.5. The van der Waals surface area contributed by atoms with Crippen LogP contribution in [0.2, 0.25) is 0 Å². The van der Waals surface area contributed by atoms with E-state index in [0.29, 0.717) is 34.9 Å². The van der Waals surface area contributed by atoms with Crippen molar-refractivity contribution in [1.29, 1.82) is 0 Å². The van der Waals surface area contributed by atoms with Gasteiger partial charge in [0.15, 0.2) is 0 Å². The molecule has 2 aromatic carbocycles. The number of imidazole rings is 1. The quantitative estimate of drug-likeness (QED) is 0.534. The second kappa shape index (κ2) is 7.55. The molecule has 1 amide bonds. The molecule has 2 N–H and O–H groups in total. The SMILES string of the molecule is O=C(c1cnc(Nc2ccccc2)nc1)N1CCCC1c1nc2ccc(F)cc2[nH]1. The predicted octanol–water partition coefficient (Wildman–Crippen LogP) is 4.21. The monoisotopic (exact) mass is 402 g/mol. The maximum absolute atomic E-state index is 13.5. The number of anilines is 2. The molecule has 4 aromatic rings. The summed E-state index contributed by atoms with van der Waals surface area (Å²) in [6.07, 6.45) is 4.73. The summed E-state index contributed by atoms with van der Waals surface area (Å²) >= 11 is 0. The second-order valence-electron chi connectivity index (χ2n) is 7.23. The highest BCUT2D eigenvalue weighted by atomic mass is 19.1. The first kappa shape index (κ1) is 18.2. The number of hydrogen-bond donors (Lipinski definition) is 2. The average molecular weight is 402 g/mol. The van der Waals surface area contributed by atoms with Crippen LogP contribution >= 0.6 is 0 Å². The lowest BCUT2D eigenvalue weighted by Crippen LogP contribution is -2.31. The molecular formula is C22H19FN6O. The second-order valence-corrected chi connectivity index (χ2v) is 7.23. The van der Waals surface area contributed by atoms with Gasteiger partial charge in [-0.2, -0.15) is 0 Å². The summed E-state index contributed by atoms with van der Waals surface area (Å²) in [5.41, 5.74) is 2.61. The number of fused-ring (bicyclic) bond motifs is 1. The van der Waals surface area contributed by atoms with E-state index >= 15 is 0 Å². The lowest BCUT2D eigenvalue weighted by atomic mass is 10.2. The van der Waals surface area contributed by atoms with Crippen molar-refractivity contribution in [3.8, 4) is 0 Å². The van der Waals surface area contributed by atoms with E-state index in [4.69, 9.17) is 0 Å². The van der Waals surface area contributed by atoms with Crippen LogP contribution < -0.4 is 5.32 Å². The normalized spacial score (nSPS) is 16.2. The van der Waals surface area contributed by atoms with Gasteiger partial charge in [0, 0.05) is 24.6 Å². The number of nitrogens with one attached hydrogen (secondary N) is 2. The van der Waals surface area contributed by atoms with Gasteiger partial charge in [-0.25, -0.2) is 19.3 Å². The van der Waals surface area contributed by atoms with E-state index in [1.165, 1.54) is 24.5 Å². The van der Waals surface area contributed by atoms with Crippen LogP contribution in [0.3, 0.4) is 0 Å². The van der Waals surface area contributed by atoms with Crippen LogP contribution in [0.25, 0.3) is 11.0 Å². The molecule has 1 aliphatic heterocycles. The molecule has 1 unspecified atom stereocenters. The number of aromatic amines is 1. The molecule has 150 valence electrons. The number of aromatic nitrogens is 4. The Hall–Kier alpha value is -3.81. The van der Waals surface area contributed by atoms with Gasteiger partial charge >= 0.3 is 0 Å². The molecule has 0 aliphatic carbocycles. The van der Waals surface area contributed by atoms with E-state index in [9.17, 15) is 9.18 Å². The van der Waals surface area contributed by atoms with Gasteiger partial charge < -0.3 is 15.2 Å². The average Bonchev–Trinajstić information content (AvgIpc) is 3.41. The maximum Gasteiger partial charge on any atom is 0.257 e. The lowest BCUT2D eigenvalue weighted by molar-refractivity contribution is 0.0729. The van der Waals surface area contributed by atoms with E-state index in [0.717, 1.165) is 18.5 Å². The van der Waals surface area contributed by atoms with Gasteiger partial charge in [-0.15, -0.1) is 0 Å². The number of likely N-dealkylation sites (tertiary alicyclic amines) is 1. The number of hydrogen-bond acceptors (Lipinski definition) is 5. The molecule has 1 saturated heterocycles. The standard InChI is InChI=1S/C22H19FN6O/c23-15-8-9-17-18(11-15)28-20(27-17)19-7-4-10-29(19)21(30)14-12-24-22(25-13-14)26-16-5-2-1-3-6-16/h1-3,5-6,8-9,11-13,19H,4,7,10H2,(H,27,28)(H,24,25,26). The smallest absolute Gasteiger partial charge is 0.257 e. The number of carbonyl (C=O) groups is 1. The van der Waals surface area contributed by atoms with Crippen molar-refractivity contribution in [2.45, 2.75) is 18.9 Å². The minimum absolute atomic E-state index is 0.143. The number of amides is 1. The van der Waals surface area contributed by atoms with E-state index in [2.05, 4.69) is 25.3 Å². The Balaban J connectivity index is 1.35. The first-order valence-electron chi connectivity index (χ1n) is 9.77. The topological polar surface area (TPSA) is 86.8 Å². The molecule has 0 bridgehead atoms. The fraction of sp³-hybridized carbons (Fsp3) is 0.182. The highest BCUT2D eigenvalue weighted by Gasteiger charge is 2.33. The van der Waals surface area contributed by atoms with Crippen LogP contribution in [0.5, 0.6) is 0 Å². The fourth-order valence-electron chi connectivity index (χ4n) is 3.77. The van der Waals surface area contributed by atoms with Gasteiger partial charge in [-0.1, -0.05) is 18.2 Å². The molecule has 8 heteroatoms. The summed E-state index contributed by atoms with van der Waals surface area (Å²) in [4.78, 5) is 31.1. The molecular weight excluding hydrogens is 383 g/mol. The van der Waals surface area contributed by atoms with Crippen molar-refractivity contribution >= 4 is 28.6 Å². The number of benzene rings is 2. The van der Waals surface area contributed by atoms with Crippen LogP contribution in [0.1, 0.15) is 35.1 Å². The Morgan fingerprint density at radius 2 is 1.93 bits per heavy atom. The van der Waals surface area contributed by atoms with Crippen LogP contribution in [0.15, 0.2) is 60.9 Å². The molecule has 0 spiro atoms. The molecule has 5 rings (SSSR count). The first-order chi connectivity index (χ1) is 14.7. The van der Waals surface area contributed by atoms with Crippen molar-refractivity contribution < 1.29 is 9.18 Å². The summed E-state index contributed by atoms with van der Waals surface area (Å²) in [7, 11) is 0. The third-order valence-electron chi connectivity index (χ3n) is 5.22. The van der Waals surface area contributed by atoms with Crippen molar-refractivity contribution in [2.24, 2.45) is 0 Å². The minimum Gasteiger partial charge on any atom is -0.340 e. The molecule has 7 nitrogen and oxygen atoms in total. The molecule has 1 aliphatic rings. The third-order valence-corrected chi connectivity index (χ3v) is 5.22. The largest absolute Gasteiger partial charge is 0.340 e. The fourth-order valence-corrected chi connectivity index (χ4v) is 3.77. The van der Waals surface area contributed by atoms with Crippen LogP contribution in [0, 0.1) is 5.82 Å². The third kappa shape index (κ3) is 3.47. The van der Waals surface area contributed by atoms with Crippen LogP contribution in [-0.4, -0.2) is 37.3 Å². The molecule has 1 atom stereocenters. The molecule has 2 aromatic heterocycles. The van der Waals surface area contributed by atoms with E-state index < -0.39 is 0 Å². The van der Waals surface area contributed by atoms with Crippen molar-refractivity contribution in [2.75, 3.05) is 11.9 Å². The van der Waals surface area contributed by atoms with Crippen molar-refractivity contribution in [3.63, 3.8) is 0 Å². The van der Waals surface area contributed by atoms with Gasteiger partial charge in [0.25, 0.3) is 5.91 Å². The number of para-hydroxylation sites is 1. The van der Waals surface area contributed by atoms with Gasteiger partial charge in [0.2, 0.25) is 5.95 Å².